The molecule has 2 N–H and O–H groups in total. The maximum Gasteiger partial charge on any atom is 0.334 e. The minimum absolute atomic E-state index is 0.119. The highest BCUT2D eigenvalue weighted by molar-refractivity contribution is 7.84. The third-order valence-electron chi connectivity index (χ3n) is 5.16. The third-order valence-corrected chi connectivity index (χ3v) is 5.60. The molecule has 0 aliphatic heterocycles. The Hall–Kier alpha value is -2.97. The zero-order chi connectivity index (χ0) is 23.7. The summed E-state index contributed by atoms with van der Waals surface area (Å²) in [7, 11) is -2.22. The second kappa shape index (κ2) is 11.8. The third kappa shape index (κ3) is 7.54. The number of nitrogens with zero attached hydrogens (tertiary/aromatic N) is 1. The van der Waals surface area contributed by atoms with Crippen LogP contribution in [0.4, 0.5) is 0 Å². The van der Waals surface area contributed by atoms with Crippen LogP contribution < -0.4 is 9.88 Å². The first kappa shape index (κ1) is 24.7. The molecule has 3 aromatic rings. The highest BCUT2D eigenvalue weighted by Gasteiger charge is 2.13. The van der Waals surface area contributed by atoms with Gasteiger partial charge in [0, 0.05) is 6.54 Å². The lowest BCUT2D eigenvalue weighted by molar-refractivity contribution is 0.137. The molecule has 0 saturated heterocycles. The SMILES string of the molecule is CCC(=C(c1ccccc1)c1ccc(OCCN(C)COS(N)(=O)=O)cc1)c1ccccc1. The summed E-state index contributed by atoms with van der Waals surface area (Å²) >= 11 is 0. The van der Waals surface area contributed by atoms with Crippen molar-refractivity contribution < 1.29 is 17.3 Å². The molecule has 0 amide bonds. The lowest BCUT2D eigenvalue weighted by Crippen LogP contribution is -2.30. The molecule has 3 aromatic carbocycles. The Labute approximate surface area is 196 Å². The van der Waals surface area contributed by atoms with E-state index in [0.717, 1.165) is 17.7 Å². The van der Waals surface area contributed by atoms with Crippen molar-refractivity contribution in [2.24, 2.45) is 5.14 Å². The van der Waals surface area contributed by atoms with Gasteiger partial charge in [-0.1, -0.05) is 79.7 Å². The first-order chi connectivity index (χ1) is 15.9. The van der Waals surface area contributed by atoms with Crippen molar-refractivity contribution >= 4 is 21.5 Å². The van der Waals surface area contributed by atoms with Crippen molar-refractivity contribution in [1.29, 1.82) is 0 Å². The maximum atomic E-state index is 10.9. The normalized spacial score (nSPS) is 12.5. The van der Waals surface area contributed by atoms with E-state index >= 15 is 0 Å². The van der Waals surface area contributed by atoms with Gasteiger partial charge in [-0.15, -0.1) is 0 Å². The van der Waals surface area contributed by atoms with Crippen molar-refractivity contribution in [2.45, 2.75) is 13.3 Å². The van der Waals surface area contributed by atoms with E-state index in [1.54, 1.807) is 11.9 Å². The van der Waals surface area contributed by atoms with Crippen LogP contribution in [0, 0.1) is 0 Å². The Morgan fingerprint density at radius 1 is 0.848 bits per heavy atom. The van der Waals surface area contributed by atoms with Crippen molar-refractivity contribution in [3.8, 4) is 5.75 Å². The summed E-state index contributed by atoms with van der Waals surface area (Å²) in [5.41, 5.74) is 5.99. The van der Waals surface area contributed by atoms with E-state index in [1.807, 2.05) is 24.3 Å². The molecule has 33 heavy (non-hydrogen) atoms. The van der Waals surface area contributed by atoms with Crippen molar-refractivity contribution in [3.63, 3.8) is 0 Å². The van der Waals surface area contributed by atoms with Gasteiger partial charge in [0.05, 0.1) is 0 Å². The molecular formula is C26H30N2O4S. The summed E-state index contributed by atoms with van der Waals surface area (Å²) in [6, 6.07) is 28.9. The molecule has 7 heteroatoms. The van der Waals surface area contributed by atoms with Crippen molar-refractivity contribution in [1.82, 2.24) is 4.90 Å². The van der Waals surface area contributed by atoms with Gasteiger partial charge in [-0.05, 0) is 53.4 Å². The smallest absolute Gasteiger partial charge is 0.334 e. The predicted octanol–water partition coefficient (Wildman–Crippen LogP) is 4.54. The Morgan fingerprint density at radius 2 is 1.39 bits per heavy atom. The fourth-order valence-electron chi connectivity index (χ4n) is 3.55. The topological polar surface area (TPSA) is 81.9 Å². The number of benzene rings is 3. The van der Waals surface area contributed by atoms with Gasteiger partial charge >= 0.3 is 10.3 Å². The van der Waals surface area contributed by atoms with Gasteiger partial charge in [0.25, 0.3) is 0 Å². The number of hydrogen-bond acceptors (Lipinski definition) is 5. The van der Waals surface area contributed by atoms with Crippen LogP contribution in [0.25, 0.3) is 11.1 Å². The molecule has 3 rings (SSSR count). The average Bonchev–Trinajstić information content (AvgIpc) is 2.82. The summed E-state index contributed by atoms with van der Waals surface area (Å²) in [4.78, 5) is 1.67. The Bertz CT molecular complexity index is 1150. The molecule has 0 aliphatic carbocycles. The quantitative estimate of drug-likeness (QED) is 0.331. The molecule has 0 aromatic heterocycles. The largest absolute Gasteiger partial charge is 0.492 e. The standard InChI is InChI=1S/C26H30N2O4S/c1-3-25(21-10-6-4-7-11-21)26(22-12-8-5-9-13-22)23-14-16-24(17-15-23)31-19-18-28(2)20-32-33(27,29)30/h4-17H,3,18-20H2,1-2H3,(H2,27,29,30). The van der Waals surface area contributed by atoms with Crippen molar-refractivity contribution in [2.75, 3.05) is 26.9 Å². The number of rotatable bonds is 11. The van der Waals surface area contributed by atoms with Crippen LogP contribution in [0.3, 0.4) is 0 Å². The summed E-state index contributed by atoms with van der Waals surface area (Å²) in [5.74, 6) is 0.740. The molecule has 0 spiro atoms. The maximum absolute atomic E-state index is 10.9. The van der Waals surface area contributed by atoms with Crippen LogP contribution in [0.2, 0.25) is 0 Å². The molecule has 0 heterocycles. The number of allylic oxidation sites excluding steroid dienone is 1. The minimum atomic E-state index is -3.95. The van der Waals surface area contributed by atoms with E-state index in [4.69, 9.17) is 9.88 Å². The average molecular weight is 467 g/mol. The van der Waals surface area contributed by atoms with Gasteiger partial charge in [-0.3, -0.25) is 4.90 Å². The van der Waals surface area contributed by atoms with Crippen LogP contribution in [0.1, 0.15) is 30.0 Å². The van der Waals surface area contributed by atoms with Crippen LogP contribution in [-0.4, -0.2) is 40.2 Å². The second-order valence-electron chi connectivity index (χ2n) is 7.63. The number of ether oxygens (including phenoxy) is 1. The van der Waals surface area contributed by atoms with Crippen LogP contribution in [-0.2, 0) is 14.5 Å². The molecule has 0 aliphatic rings. The minimum Gasteiger partial charge on any atom is -0.492 e. The van der Waals surface area contributed by atoms with Crippen molar-refractivity contribution in [3.05, 3.63) is 102 Å². The van der Waals surface area contributed by atoms with Gasteiger partial charge < -0.3 is 4.74 Å². The number of hydrogen-bond donors (Lipinski definition) is 1. The van der Waals surface area contributed by atoms with E-state index in [2.05, 4.69) is 71.8 Å². The molecule has 6 nitrogen and oxygen atoms in total. The van der Waals surface area contributed by atoms with Crippen LogP contribution in [0.15, 0.2) is 84.9 Å². The summed E-state index contributed by atoms with van der Waals surface area (Å²) in [6.45, 7) is 2.93. The van der Waals surface area contributed by atoms with E-state index in [-0.39, 0.29) is 6.73 Å². The van der Waals surface area contributed by atoms with Crippen LogP contribution >= 0.6 is 0 Å². The number of likely N-dealkylation sites (N-methyl/N-ethyl adjacent to an activating group) is 1. The monoisotopic (exact) mass is 466 g/mol. The van der Waals surface area contributed by atoms with Crippen LogP contribution in [0.5, 0.6) is 5.75 Å². The first-order valence-corrected chi connectivity index (χ1v) is 12.3. The van der Waals surface area contributed by atoms with E-state index in [9.17, 15) is 8.42 Å². The highest BCUT2D eigenvalue weighted by Crippen LogP contribution is 2.34. The highest BCUT2D eigenvalue weighted by atomic mass is 32.2. The summed E-state index contributed by atoms with van der Waals surface area (Å²) < 4.78 is 32.1. The molecule has 0 saturated carbocycles. The molecule has 174 valence electrons. The van der Waals surface area contributed by atoms with E-state index in [0.29, 0.717) is 13.2 Å². The zero-order valence-corrected chi connectivity index (χ0v) is 19.8. The fourth-order valence-corrected chi connectivity index (χ4v) is 3.88. The number of nitrogens with two attached hydrogens (primary N) is 1. The molecule has 0 radical (unpaired) electrons. The van der Waals surface area contributed by atoms with E-state index in [1.165, 1.54) is 22.3 Å². The lowest BCUT2D eigenvalue weighted by Gasteiger charge is -2.18. The molecular weight excluding hydrogens is 436 g/mol. The fraction of sp³-hybridized carbons (Fsp3) is 0.231. The molecule has 0 fully saturated rings. The molecule has 0 atom stereocenters. The van der Waals surface area contributed by atoms with Gasteiger partial charge in [-0.25, -0.2) is 9.32 Å². The predicted molar refractivity (Wildman–Crippen MR) is 133 cm³/mol. The first-order valence-electron chi connectivity index (χ1n) is 10.8. The Morgan fingerprint density at radius 3 is 1.94 bits per heavy atom. The van der Waals surface area contributed by atoms with E-state index < -0.39 is 10.3 Å². The Kier molecular flexibility index (Phi) is 8.79. The lowest BCUT2D eigenvalue weighted by atomic mass is 9.88. The van der Waals surface area contributed by atoms with Gasteiger partial charge in [-0.2, -0.15) is 8.42 Å². The van der Waals surface area contributed by atoms with Gasteiger partial charge in [0.2, 0.25) is 0 Å². The second-order valence-corrected chi connectivity index (χ2v) is 8.85. The van der Waals surface area contributed by atoms with Gasteiger partial charge in [0.15, 0.2) is 0 Å². The summed E-state index contributed by atoms with van der Waals surface area (Å²) in [6.07, 6.45) is 0.902. The molecule has 0 unspecified atom stereocenters. The zero-order valence-electron chi connectivity index (χ0n) is 19.0. The van der Waals surface area contributed by atoms with Gasteiger partial charge in [0.1, 0.15) is 19.1 Å². The summed E-state index contributed by atoms with van der Waals surface area (Å²) in [5, 5.41) is 4.84. The Balaban J connectivity index is 1.78. The molecule has 0 bridgehead atoms.